The normalized spacial score (nSPS) is 27.0. The number of halogens is 1. The zero-order valence-corrected chi connectivity index (χ0v) is 15.6. The smallest absolute Gasteiger partial charge is 0.326 e. The lowest BCUT2D eigenvalue weighted by atomic mass is 9.84. The lowest BCUT2D eigenvalue weighted by Gasteiger charge is -2.33. The summed E-state index contributed by atoms with van der Waals surface area (Å²) in [6.45, 7) is 0. The van der Waals surface area contributed by atoms with Gasteiger partial charge >= 0.3 is 5.97 Å². The molecule has 6 heteroatoms. The molecule has 0 bridgehead atoms. The molecule has 1 aromatic heterocycles. The van der Waals surface area contributed by atoms with Crippen LogP contribution in [0.15, 0.2) is 24.3 Å². The maximum atomic E-state index is 14.0. The molecule has 0 spiro atoms. The zero-order valence-electron chi connectivity index (χ0n) is 15.6. The molecule has 5 nitrogen and oxygen atoms in total. The third-order valence-corrected chi connectivity index (χ3v) is 6.62. The van der Waals surface area contributed by atoms with Gasteiger partial charge in [0.15, 0.2) is 0 Å². The topological polar surface area (TPSA) is 70.5 Å². The molecule has 3 aliphatic rings. The second kappa shape index (κ2) is 6.54. The summed E-state index contributed by atoms with van der Waals surface area (Å²) in [7, 11) is 0. The highest BCUT2D eigenvalue weighted by molar-refractivity contribution is 6.07. The minimum atomic E-state index is -0.949. The Morgan fingerprint density at radius 1 is 1.11 bits per heavy atom. The second-order valence-corrected chi connectivity index (χ2v) is 8.44. The number of hydrogen-bond donors (Lipinski definition) is 1. The van der Waals surface area contributed by atoms with Crippen LogP contribution in [-0.2, 0) is 4.79 Å². The van der Waals surface area contributed by atoms with E-state index in [4.69, 9.17) is 0 Å². The minimum Gasteiger partial charge on any atom is -0.480 e. The number of aromatic nitrogens is 1. The Bertz CT molecular complexity index is 972. The van der Waals surface area contributed by atoms with Crippen LogP contribution in [-0.4, -0.2) is 39.0 Å². The van der Waals surface area contributed by atoms with E-state index < -0.39 is 17.8 Å². The van der Waals surface area contributed by atoms with E-state index in [-0.39, 0.29) is 17.9 Å². The van der Waals surface area contributed by atoms with Gasteiger partial charge in [0.1, 0.15) is 11.9 Å². The van der Waals surface area contributed by atoms with Gasteiger partial charge in [0.2, 0.25) is 0 Å². The molecule has 1 aliphatic heterocycles. The molecule has 3 atom stereocenters. The van der Waals surface area contributed by atoms with Gasteiger partial charge in [-0.1, -0.05) is 12.8 Å². The van der Waals surface area contributed by atoms with E-state index in [1.807, 2.05) is 0 Å². The van der Waals surface area contributed by atoms with Crippen LogP contribution < -0.4 is 0 Å². The van der Waals surface area contributed by atoms with Crippen molar-refractivity contribution in [3.05, 3.63) is 41.3 Å². The van der Waals surface area contributed by atoms with Crippen LogP contribution in [0.3, 0.4) is 0 Å². The number of likely N-dealkylation sites (tertiary alicyclic amines) is 1. The third kappa shape index (κ3) is 2.86. The van der Waals surface area contributed by atoms with Crippen LogP contribution in [0.4, 0.5) is 4.39 Å². The third-order valence-electron chi connectivity index (χ3n) is 6.62. The number of rotatable bonds is 3. The van der Waals surface area contributed by atoms with Crippen LogP contribution in [0, 0.1) is 11.7 Å². The van der Waals surface area contributed by atoms with Gasteiger partial charge < -0.3 is 10.0 Å². The highest BCUT2D eigenvalue weighted by Crippen LogP contribution is 2.43. The van der Waals surface area contributed by atoms with Gasteiger partial charge in [-0.2, -0.15) is 0 Å². The monoisotopic (exact) mass is 382 g/mol. The van der Waals surface area contributed by atoms with Crippen molar-refractivity contribution in [2.75, 3.05) is 0 Å². The van der Waals surface area contributed by atoms with E-state index in [0.717, 1.165) is 44.2 Å². The molecule has 28 heavy (non-hydrogen) atoms. The maximum absolute atomic E-state index is 14.0. The Kier molecular flexibility index (Phi) is 4.11. The van der Waals surface area contributed by atoms with Crippen molar-refractivity contribution in [1.29, 1.82) is 0 Å². The van der Waals surface area contributed by atoms with Crippen molar-refractivity contribution < 1.29 is 19.1 Å². The Morgan fingerprint density at radius 2 is 1.89 bits per heavy atom. The van der Waals surface area contributed by atoms with E-state index in [9.17, 15) is 19.1 Å². The van der Waals surface area contributed by atoms with Gasteiger partial charge in [0.05, 0.1) is 11.1 Å². The SMILES string of the molecule is O=C(O)C1CC2CCCCC2N1C(=O)c1cc(C2CC2)nc2ccc(F)cc12. The first-order valence-corrected chi connectivity index (χ1v) is 10.2. The number of aliphatic carboxylic acids is 1. The highest BCUT2D eigenvalue weighted by atomic mass is 19.1. The minimum absolute atomic E-state index is 0.0384. The molecule has 3 unspecified atom stereocenters. The summed E-state index contributed by atoms with van der Waals surface area (Å²) in [6, 6.07) is 5.24. The average molecular weight is 382 g/mol. The summed E-state index contributed by atoms with van der Waals surface area (Å²) in [5, 5.41) is 10.2. The standard InChI is InChI=1S/C22H23FN2O3/c23-14-7-8-17-15(10-14)16(11-18(24-17)12-5-6-12)21(26)25-19-4-2-1-3-13(19)9-20(25)22(27)28/h7-8,10-13,19-20H,1-6,9H2,(H,27,28). The van der Waals surface area contributed by atoms with E-state index in [1.165, 1.54) is 12.1 Å². The first-order valence-electron chi connectivity index (χ1n) is 10.2. The van der Waals surface area contributed by atoms with Crippen LogP contribution in [0.25, 0.3) is 10.9 Å². The molecule has 0 radical (unpaired) electrons. The fraction of sp³-hybridized carbons (Fsp3) is 0.500. The van der Waals surface area contributed by atoms with Gasteiger partial charge in [0.25, 0.3) is 5.91 Å². The van der Waals surface area contributed by atoms with Gasteiger partial charge in [-0.3, -0.25) is 9.78 Å². The number of amides is 1. The summed E-state index contributed by atoms with van der Waals surface area (Å²) in [4.78, 5) is 31.8. The van der Waals surface area contributed by atoms with Crippen LogP contribution in [0.2, 0.25) is 0 Å². The molecule has 3 fully saturated rings. The fourth-order valence-electron chi connectivity index (χ4n) is 5.10. The molecular formula is C22H23FN2O3. The zero-order chi connectivity index (χ0) is 19.4. The van der Waals surface area contributed by atoms with Crippen molar-refractivity contribution in [2.45, 2.75) is 62.9 Å². The molecule has 1 amide bonds. The van der Waals surface area contributed by atoms with E-state index in [0.29, 0.717) is 28.8 Å². The quantitative estimate of drug-likeness (QED) is 0.867. The molecule has 2 heterocycles. The summed E-state index contributed by atoms with van der Waals surface area (Å²) in [6.07, 6.45) is 6.50. The number of carbonyl (C=O) groups excluding carboxylic acids is 1. The largest absolute Gasteiger partial charge is 0.480 e. The fourth-order valence-corrected chi connectivity index (χ4v) is 5.10. The van der Waals surface area contributed by atoms with Crippen molar-refractivity contribution in [2.24, 2.45) is 5.92 Å². The van der Waals surface area contributed by atoms with Crippen molar-refractivity contribution in [1.82, 2.24) is 9.88 Å². The molecule has 2 aliphatic carbocycles. The summed E-state index contributed by atoms with van der Waals surface area (Å²) < 4.78 is 14.0. The molecule has 1 N–H and O–H groups in total. The lowest BCUT2D eigenvalue weighted by Crippen LogP contribution is -2.46. The molecule has 146 valence electrons. The number of nitrogens with zero attached hydrogens (tertiary/aromatic N) is 2. The maximum Gasteiger partial charge on any atom is 0.326 e. The Balaban J connectivity index is 1.62. The number of carbonyl (C=O) groups is 2. The van der Waals surface area contributed by atoms with Crippen LogP contribution in [0.1, 0.15) is 66.9 Å². The first-order chi connectivity index (χ1) is 13.5. The number of benzene rings is 1. The van der Waals surface area contributed by atoms with Gasteiger partial charge in [-0.05, 0) is 62.3 Å². The van der Waals surface area contributed by atoms with Crippen LogP contribution in [0.5, 0.6) is 0 Å². The predicted molar refractivity (Wildman–Crippen MR) is 102 cm³/mol. The van der Waals surface area contributed by atoms with Crippen molar-refractivity contribution >= 4 is 22.8 Å². The van der Waals surface area contributed by atoms with Gasteiger partial charge in [-0.25, -0.2) is 9.18 Å². The molecule has 1 saturated heterocycles. The Morgan fingerprint density at radius 3 is 2.64 bits per heavy atom. The predicted octanol–water partition coefficient (Wildman–Crippen LogP) is 4.11. The number of carboxylic acids is 1. The summed E-state index contributed by atoms with van der Waals surface area (Å²) in [5.74, 6) is -1.07. The van der Waals surface area contributed by atoms with E-state index >= 15 is 0 Å². The molecular weight excluding hydrogens is 359 g/mol. The highest BCUT2D eigenvalue weighted by Gasteiger charge is 2.48. The summed E-state index contributed by atoms with van der Waals surface area (Å²) in [5.41, 5.74) is 1.85. The summed E-state index contributed by atoms with van der Waals surface area (Å²) >= 11 is 0. The van der Waals surface area contributed by atoms with Crippen LogP contribution >= 0.6 is 0 Å². The van der Waals surface area contributed by atoms with Gasteiger partial charge in [-0.15, -0.1) is 0 Å². The van der Waals surface area contributed by atoms with Crippen molar-refractivity contribution in [3.63, 3.8) is 0 Å². The van der Waals surface area contributed by atoms with Gasteiger partial charge in [0, 0.05) is 23.0 Å². The van der Waals surface area contributed by atoms with E-state index in [1.54, 1.807) is 17.0 Å². The Hall–Kier alpha value is -2.50. The molecule has 1 aromatic carbocycles. The number of carboxylic acid groups (broad SMARTS) is 1. The number of pyridine rings is 1. The number of hydrogen-bond acceptors (Lipinski definition) is 3. The lowest BCUT2D eigenvalue weighted by molar-refractivity contribution is -0.141. The molecule has 5 rings (SSSR count). The van der Waals surface area contributed by atoms with Crippen molar-refractivity contribution in [3.8, 4) is 0 Å². The second-order valence-electron chi connectivity index (χ2n) is 8.44. The molecule has 2 aromatic rings. The molecule has 2 saturated carbocycles. The Labute approximate surface area is 162 Å². The number of fused-ring (bicyclic) bond motifs is 2. The first kappa shape index (κ1) is 17.6. The average Bonchev–Trinajstić information content (AvgIpc) is 3.46. The van der Waals surface area contributed by atoms with E-state index in [2.05, 4.69) is 4.98 Å².